The molecule has 0 bridgehead atoms. The van der Waals surface area contributed by atoms with Crippen LogP contribution in [0.5, 0.6) is 0 Å². The lowest BCUT2D eigenvalue weighted by atomic mass is 9.99. The molecule has 0 spiro atoms. The molecule has 516 valence electrons. The molecule has 0 aliphatic carbocycles. The Morgan fingerprint density at radius 1 is 0.322 bits per heavy atom. The first-order valence-electron chi connectivity index (χ1n) is 35.2. The topological polar surface area (TPSA) is 237 Å². The highest BCUT2D eigenvalue weighted by Crippen LogP contribution is 2.45. The molecule has 0 amide bonds. The fourth-order valence-electron chi connectivity index (χ4n) is 10.1. The first kappa shape index (κ1) is 85.1. The van der Waals surface area contributed by atoms with Gasteiger partial charge in [-0.2, -0.15) is 0 Å². The van der Waals surface area contributed by atoms with E-state index < -0.39 is 97.5 Å². The van der Waals surface area contributed by atoms with Gasteiger partial charge < -0.3 is 33.8 Å². The number of esters is 4. The van der Waals surface area contributed by atoms with Gasteiger partial charge in [-0.3, -0.25) is 37.3 Å². The number of carbonyl (C=O) groups is 4. The number of rotatable bonds is 65. The fraction of sp³-hybridized carbons (Fsp3) is 0.941. The third-order valence-electron chi connectivity index (χ3n) is 15.9. The number of phosphoric ester groups is 2. The number of hydrogen-bond donors (Lipinski definition) is 3. The van der Waals surface area contributed by atoms with Gasteiger partial charge in [0.2, 0.25) is 0 Å². The Morgan fingerprint density at radius 3 is 0.816 bits per heavy atom. The Kier molecular flexibility index (Phi) is 56.6. The van der Waals surface area contributed by atoms with E-state index in [4.69, 9.17) is 37.0 Å². The van der Waals surface area contributed by atoms with Crippen LogP contribution >= 0.6 is 15.6 Å². The minimum absolute atomic E-state index is 0.103. The Bertz CT molecular complexity index is 1730. The van der Waals surface area contributed by atoms with Gasteiger partial charge in [-0.1, -0.05) is 280 Å². The van der Waals surface area contributed by atoms with E-state index in [1.807, 2.05) is 0 Å². The Hall–Kier alpha value is -1.94. The molecule has 0 saturated carbocycles. The van der Waals surface area contributed by atoms with Crippen LogP contribution < -0.4 is 0 Å². The maximum absolute atomic E-state index is 13.0. The van der Waals surface area contributed by atoms with Crippen molar-refractivity contribution >= 4 is 39.5 Å². The lowest BCUT2D eigenvalue weighted by Gasteiger charge is -2.21. The van der Waals surface area contributed by atoms with Crippen molar-refractivity contribution in [3.8, 4) is 0 Å². The quantitative estimate of drug-likeness (QED) is 0.0222. The van der Waals surface area contributed by atoms with Crippen LogP contribution in [0.3, 0.4) is 0 Å². The zero-order valence-corrected chi connectivity index (χ0v) is 58.4. The van der Waals surface area contributed by atoms with E-state index in [9.17, 15) is 43.2 Å². The minimum atomic E-state index is -4.95. The molecule has 19 heteroatoms. The maximum Gasteiger partial charge on any atom is 0.472 e. The van der Waals surface area contributed by atoms with Crippen LogP contribution in [0.25, 0.3) is 0 Å². The SMILES string of the molecule is CCC(C)CCCCCCCCCCC(=O)OC[C@H](COP(=O)(O)OC[C@@H](O)COP(=O)(O)OC[C@@H](COC(=O)CCCCCCCCC(C)C)OC(=O)CCCCCCCCCCCCCCC(C)C)OC(=O)CCCCCCCCCCC(C)C. The molecule has 0 rings (SSSR count). The molecule has 3 unspecified atom stereocenters. The normalized spacial score (nSPS) is 14.6. The third-order valence-corrected chi connectivity index (χ3v) is 17.8. The van der Waals surface area contributed by atoms with E-state index >= 15 is 0 Å². The molecule has 0 heterocycles. The van der Waals surface area contributed by atoms with Gasteiger partial charge in [0.25, 0.3) is 0 Å². The van der Waals surface area contributed by atoms with Crippen molar-refractivity contribution in [2.75, 3.05) is 39.6 Å². The van der Waals surface area contributed by atoms with Gasteiger partial charge in [0.15, 0.2) is 12.2 Å². The first-order valence-corrected chi connectivity index (χ1v) is 38.2. The summed E-state index contributed by atoms with van der Waals surface area (Å²) in [7, 11) is -9.90. The maximum atomic E-state index is 13.0. The van der Waals surface area contributed by atoms with Crippen molar-refractivity contribution in [3.63, 3.8) is 0 Å². The highest BCUT2D eigenvalue weighted by Gasteiger charge is 2.30. The highest BCUT2D eigenvalue weighted by molar-refractivity contribution is 7.47. The molecule has 0 aliphatic heterocycles. The number of aliphatic hydroxyl groups is 1. The van der Waals surface area contributed by atoms with Crippen molar-refractivity contribution in [2.45, 2.75) is 350 Å². The summed E-state index contributed by atoms with van der Waals surface area (Å²) in [4.78, 5) is 72.4. The minimum Gasteiger partial charge on any atom is -0.462 e. The average Bonchev–Trinajstić information content (AvgIpc) is 3.67. The van der Waals surface area contributed by atoms with Crippen LogP contribution in [0.1, 0.15) is 331 Å². The second-order valence-corrected chi connectivity index (χ2v) is 29.1. The Labute approximate surface area is 530 Å². The van der Waals surface area contributed by atoms with Crippen LogP contribution in [0.2, 0.25) is 0 Å². The fourth-order valence-corrected chi connectivity index (χ4v) is 11.7. The van der Waals surface area contributed by atoms with Crippen LogP contribution in [-0.4, -0.2) is 96.7 Å². The van der Waals surface area contributed by atoms with E-state index in [-0.39, 0.29) is 25.7 Å². The standard InChI is InChI=1S/C68H132O17P2/c1-9-61(8)47-39-31-22-17-19-23-32-40-48-65(70)78-54-63(85-68(73)51-43-35-25-18-16-21-29-37-45-59(4)5)56-82-86(74,75)80-52-62(69)53-81-87(76,77)83-57-64(55-79-66(71)49-41-33-27-26-30-38-46-60(6)7)84-67(72)50-42-34-24-15-13-11-10-12-14-20-28-36-44-58(2)3/h58-64,69H,9-57H2,1-8H3,(H,74,75)(H,76,77)/t61?,62-,63-,64-/m1/s1. The van der Waals surface area contributed by atoms with E-state index in [1.165, 1.54) is 128 Å². The molecule has 0 aromatic rings. The van der Waals surface area contributed by atoms with Crippen LogP contribution in [-0.2, 0) is 65.4 Å². The molecule has 0 aromatic heterocycles. The summed E-state index contributed by atoms with van der Waals surface area (Å²) in [5.41, 5.74) is 0. The second-order valence-electron chi connectivity index (χ2n) is 26.2. The molecular formula is C68H132O17P2. The third kappa shape index (κ3) is 61.3. The number of aliphatic hydroxyl groups excluding tert-OH is 1. The van der Waals surface area contributed by atoms with Gasteiger partial charge in [0.1, 0.15) is 19.3 Å². The predicted octanol–water partition coefficient (Wildman–Crippen LogP) is 18.9. The molecule has 6 atom stereocenters. The molecule has 0 saturated heterocycles. The van der Waals surface area contributed by atoms with Crippen molar-refractivity contribution in [2.24, 2.45) is 23.7 Å². The number of hydrogen-bond acceptors (Lipinski definition) is 15. The average molecular weight is 1280 g/mol. The summed E-state index contributed by atoms with van der Waals surface area (Å²) >= 11 is 0. The van der Waals surface area contributed by atoms with Gasteiger partial charge in [-0.15, -0.1) is 0 Å². The zero-order valence-electron chi connectivity index (χ0n) is 56.6. The van der Waals surface area contributed by atoms with E-state index in [1.54, 1.807) is 0 Å². The Morgan fingerprint density at radius 2 is 0.552 bits per heavy atom. The molecular weight excluding hydrogens is 1150 g/mol. The van der Waals surface area contributed by atoms with E-state index in [0.717, 1.165) is 114 Å². The molecule has 0 aromatic carbocycles. The summed E-state index contributed by atoms with van der Waals surface area (Å²) in [6.45, 7) is 14.0. The first-order chi connectivity index (χ1) is 41.6. The lowest BCUT2D eigenvalue weighted by molar-refractivity contribution is -0.161. The summed E-state index contributed by atoms with van der Waals surface area (Å²) in [5.74, 6) is 0.817. The summed E-state index contributed by atoms with van der Waals surface area (Å²) < 4.78 is 68.2. The number of carbonyl (C=O) groups excluding carboxylic acids is 4. The smallest absolute Gasteiger partial charge is 0.462 e. The van der Waals surface area contributed by atoms with Crippen LogP contribution in [0, 0.1) is 23.7 Å². The zero-order chi connectivity index (χ0) is 64.7. The molecule has 17 nitrogen and oxygen atoms in total. The van der Waals surface area contributed by atoms with Gasteiger partial charge in [0.05, 0.1) is 26.4 Å². The van der Waals surface area contributed by atoms with Gasteiger partial charge in [0, 0.05) is 25.7 Å². The summed E-state index contributed by atoms with van der Waals surface area (Å²) in [5, 5.41) is 10.6. The number of phosphoric acid groups is 2. The predicted molar refractivity (Wildman–Crippen MR) is 349 cm³/mol. The highest BCUT2D eigenvalue weighted by atomic mass is 31.2. The molecule has 3 N–H and O–H groups in total. The van der Waals surface area contributed by atoms with Crippen LogP contribution in [0.15, 0.2) is 0 Å². The lowest BCUT2D eigenvalue weighted by Crippen LogP contribution is -2.30. The van der Waals surface area contributed by atoms with Crippen molar-refractivity contribution in [1.29, 1.82) is 0 Å². The monoisotopic (exact) mass is 1280 g/mol. The van der Waals surface area contributed by atoms with Crippen molar-refractivity contribution in [1.82, 2.24) is 0 Å². The second kappa shape index (κ2) is 57.9. The summed E-state index contributed by atoms with van der Waals surface area (Å²) in [6, 6.07) is 0. The van der Waals surface area contributed by atoms with Gasteiger partial charge in [-0.05, 0) is 49.4 Å². The van der Waals surface area contributed by atoms with Gasteiger partial charge >= 0.3 is 39.5 Å². The Balaban J connectivity index is 5.24. The molecule has 0 fully saturated rings. The molecule has 0 radical (unpaired) electrons. The molecule has 87 heavy (non-hydrogen) atoms. The summed E-state index contributed by atoms with van der Waals surface area (Å²) in [6.07, 6.45) is 39.1. The van der Waals surface area contributed by atoms with Crippen LogP contribution in [0.4, 0.5) is 0 Å². The van der Waals surface area contributed by atoms with E-state index in [0.29, 0.717) is 31.6 Å². The van der Waals surface area contributed by atoms with Crippen molar-refractivity contribution < 1.29 is 80.2 Å². The van der Waals surface area contributed by atoms with Crippen molar-refractivity contribution in [3.05, 3.63) is 0 Å². The number of ether oxygens (including phenoxy) is 4. The van der Waals surface area contributed by atoms with E-state index in [2.05, 4.69) is 55.4 Å². The largest absolute Gasteiger partial charge is 0.472 e. The number of unbranched alkanes of at least 4 members (excludes halogenated alkanes) is 30. The molecule has 0 aliphatic rings. The van der Waals surface area contributed by atoms with Gasteiger partial charge in [-0.25, -0.2) is 9.13 Å².